The molecule has 21 heavy (non-hydrogen) atoms. The second-order valence-corrected chi connectivity index (χ2v) is 5.12. The van der Waals surface area contributed by atoms with Crippen LogP contribution in [0.5, 0.6) is 5.75 Å². The van der Waals surface area contributed by atoms with Gasteiger partial charge in [0.15, 0.2) is 6.61 Å². The monoisotopic (exact) mass is 284 g/mol. The van der Waals surface area contributed by atoms with E-state index >= 15 is 0 Å². The highest BCUT2D eigenvalue weighted by molar-refractivity contribution is 5.92. The van der Waals surface area contributed by atoms with Crippen molar-refractivity contribution in [2.24, 2.45) is 0 Å². The van der Waals surface area contributed by atoms with Crippen molar-refractivity contribution in [3.63, 3.8) is 0 Å². The molecule has 2 rings (SSSR count). The summed E-state index contributed by atoms with van der Waals surface area (Å²) in [6, 6.07) is 14.9. The third-order valence-electron chi connectivity index (χ3n) is 3.13. The third-order valence-corrected chi connectivity index (χ3v) is 3.13. The van der Waals surface area contributed by atoms with Crippen LogP contribution in [0, 0.1) is 0 Å². The Morgan fingerprint density at radius 2 is 1.81 bits per heavy atom. The summed E-state index contributed by atoms with van der Waals surface area (Å²) in [5.41, 5.74) is 8.21. The summed E-state index contributed by atoms with van der Waals surface area (Å²) in [5.74, 6) is 0.656. The molecule has 0 aliphatic carbocycles. The quantitative estimate of drug-likeness (QED) is 0.827. The zero-order valence-electron chi connectivity index (χ0n) is 12.3. The molecule has 2 aromatic rings. The molecule has 0 bridgehead atoms. The lowest BCUT2D eigenvalue weighted by atomic mass is 10.0. The minimum Gasteiger partial charge on any atom is -0.482 e. The van der Waals surface area contributed by atoms with Crippen molar-refractivity contribution in [3.8, 4) is 5.75 Å². The van der Waals surface area contributed by atoms with Crippen molar-refractivity contribution in [1.82, 2.24) is 0 Å². The molecule has 3 N–H and O–H groups in total. The first-order valence-electron chi connectivity index (χ1n) is 6.94. The number of carbonyl (C=O) groups is 1. The van der Waals surface area contributed by atoms with Crippen LogP contribution in [-0.2, 0) is 4.79 Å². The van der Waals surface area contributed by atoms with Crippen LogP contribution in [0.2, 0.25) is 0 Å². The first-order valence-corrected chi connectivity index (χ1v) is 6.94. The van der Waals surface area contributed by atoms with Gasteiger partial charge in [0.05, 0.1) is 5.69 Å². The number of nitrogen functional groups attached to an aromatic ring is 1. The molecule has 0 spiro atoms. The molecular weight excluding hydrogens is 264 g/mol. The fourth-order valence-corrected chi connectivity index (χ4v) is 2.06. The fourth-order valence-electron chi connectivity index (χ4n) is 2.06. The molecule has 0 radical (unpaired) electrons. The number of para-hydroxylation sites is 3. The van der Waals surface area contributed by atoms with E-state index in [4.69, 9.17) is 10.5 Å². The summed E-state index contributed by atoms with van der Waals surface area (Å²) in [4.78, 5) is 12.0. The normalized spacial score (nSPS) is 10.4. The average Bonchev–Trinajstić information content (AvgIpc) is 2.47. The highest BCUT2D eigenvalue weighted by Gasteiger charge is 2.10. The van der Waals surface area contributed by atoms with Gasteiger partial charge in [-0.05, 0) is 29.7 Å². The van der Waals surface area contributed by atoms with Gasteiger partial charge in [-0.15, -0.1) is 0 Å². The molecule has 0 fully saturated rings. The number of ether oxygens (including phenoxy) is 1. The maximum absolute atomic E-state index is 12.0. The molecule has 0 atom stereocenters. The van der Waals surface area contributed by atoms with Crippen molar-refractivity contribution in [3.05, 3.63) is 54.1 Å². The molecule has 0 aromatic heterocycles. The molecule has 0 saturated carbocycles. The van der Waals surface area contributed by atoms with Gasteiger partial charge < -0.3 is 15.8 Å². The molecule has 4 nitrogen and oxygen atoms in total. The Hall–Kier alpha value is -2.49. The van der Waals surface area contributed by atoms with Gasteiger partial charge in [-0.1, -0.05) is 44.2 Å². The lowest BCUT2D eigenvalue weighted by Crippen LogP contribution is -2.21. The van der Waals surface area contributed by atoms with Crippen molar-refractivity contribution < 1.29 is 9.53 Å². The van der Waals surface area contributed by atoms with Crippen LogP contribution in [0.15, 0.2) is 48.5 Å². The van der Waals surface area contributed by atoms with Gasteiger partial charge in [0.2, 0.25) is 0 Å². The van der Waals surface area contributed by atoms with E-state index in [1.165, 1.54) is 0 Å². The van der Waals surface area contributed by atoms with Gasteiger partial charge in [0, 0.05) is 5.69 Å². The SMILES string of the molecule is CC(C)c1ccccc1NC(=O)COc1ccccc1N. The van der Waals surface area contributed by atoms with Crippen LogP contribution >= 0.6 is 0 Å². The van der Waals surface area contributed by atoms with E-state index in [9.17, 15) is 4.79 Å². The molecule has 4 heteroatoms. The molecule has 110 valence electrons. The Morgan fingerprint density at radius 3 is 2.52 bits per heavy atom. The summed E-state index contributed by atoms with van der Waals surface area (Å²) in [6.07, 6.45) is 0. The zero-order chi connectivity index (χ0) is 15.2. The van der Waals surface area contributed by atoms with E-state index in [1.54, 1.807) is 12.1 Å². The number of hydrogen-bond acceptors (Lipinski definition) is 3. The van der Waals surface area contributed by atoms with Crippen LogP contribution in [0.25, 0.3) is 0 Å². The van der Waals surface area contributed by atoms with Crippen LogP contribution in [0.4, 0.5) is 11.4 Å². The molecule has 0 aliphatic heterocycles. The van der Waals surface area contributed by atoms with E-state index < -0.39 is 0 Å². The standard InChI is InChI=1S/C17H20N2O2/c1-12(2)13-7-3-5-9-15(13)19-17(20)11-21-16-10-6-4-8-14(16)18/h3-10,12H,11,18H2,1-2H3,(H,19,20). The second-order valence-electron chi connectivity index (χ2n) is 5.12. The Kier molecular flexibility index (Phi) is 4.82. The maximum atomic E-state index is 12.0. The molecule has 0 unspecified atom stereocenters. The minimum atomic E-state index is -0.202. The number of carbonyl (C=O) groups excluding carboxylic acids is 1. The Morgan fingerprint density at radius 1 is 1.14 bits per heavy atom. The van der Waals surface area contributed by atoms with E-state index in [2.05, 4.69) is 19.2 Å². The van der Waals surface area contributed by atoms with Crippen LogP contribution in [0.1, 0.15) is 25.3 Å². The molecule has 2 aromatic carbocycles. The van der Waals surface area contributed by atoms with Gasteiger partial charge in [0.25, 0.3) is 5.91 Å². The summed E-state index contributed by atoms with van der Waals surface area (Å²) >= 11 is 0. The molecule has 0 aliphatic rings. The van der Waals surface area contributed by atoms with Crippen molar-refractivity contribution in [2.75, 3.05) is 17.7 Å². The Labute approximate surface area is 124 Å². The number of benzene rings is 2. The Bertz CT molecular complexity index is 624. The van der Waals surface area contributed by atoms with Gasteiger partial charge in [0.1, 0.15) is 5.75 Å². The third kappa shape index (κ3) is 3.99. The summed E-state index contributed by atoms with van der Waals surface area (Å²) in [7, 11) is 0. The average molecular weight is 284 g/mol. The maximum Gasteiger partial charge on any atom is 0.262 e. The van der Waals surface area contributed by atoms with Gasteiger partial charge in [-0.25, -0.2) is 0 Å². The van der Waals surface area contributed by atoms with Crippen molar-refractivity contribution >= 4 is 17.3 Å². The van der Waals surface area contributed by atoms with E-state index in [1.807, 2.05) is 36.4 Å². The van der Waals surface area contributed by atoms with Crippen LogP contribution in [-0.4, -0.2) is 12.5 Å². The second kappa shape index (κ2) is 6.79. The lowest BCUT2D eigenvalue weighted by Gasteiger charge is -2.14. The predicted molar refractivity (Wildman–Crippen MR) is 85.5 cm³/mol. The zero-order valence-corrected chi connectivity index (χ0v) is 12.3. The highest BCUT2D eigenvalue weighted by Crippen LogP contribution is 2.24. The van der Waals surface area contributed by atoms with Gasteiger partial charge >= 0.3 is 0 Å². The van der Waals surface area contributed by atoms with Crippen LogP contribution in [0.3, 0.4) is 0 Å². The molecule has 0 heterocycles. The number of nitrogens with one attached hydrogen (secondary N) is 1. The number of anilines is 2. The van der Waals surface area contributed by atoms with Crippen molar-refractivity contribution in [1.29, 1.82) is 0 Å². The smallest absolute Gasteiger partial charge is 0.262 e. The minimum absolute atomic E-state index is 0.0688. The van der Waals surface area contributed by atoms with E-state index in [-0.39, 0.29) is 12.5 Å². The summed E-state index contributed by atoms with van der Waals surface area (Å²) < 4.78 is 5.43. The fraction of sp³-hybridized carbons (Fsp3) is 0.235. The van der Waals surface area contributed by atoms with E-state index in [0.29, 0.717) is 17.4 Å². The number of rotatable bonds is 5. The number of amides is 1. The largest absolute Gasteiger partial charge is 0.482 e. The highest BCUT2D eigenvalue weighted by atomic mass is 16.5. The lowest BCUT2D eigenvalue weighted by molar-refractivity contribution is -0.118. The molecule has 0 saturated heterocycles. The number of nitrogens with two attached hydrogens (primary N) is 1. The summed E-state index contributed by atoms with van der Waals surface area (Å²) in [6.45, 7) is 4.11. The number of hydrogen-bond donors (Lipinski definition) is 2. The first-order chi connectivity index (χ1) is 10.1. The van der Waals surface area contributed by atoms with Crippen molar-refractivity contribution in [2.45, 2.75) is 19.8 Å². The topological polar surface area (TPSA) is 64.3 Å². The van der Waals surface area contributed by atoms with E-state index in [0.717, 1.165) is 11.3 Å². The molecular formula is C17H20N2O2. The first kappa shape index (κ1) is 14.9. The van der Waals surface area contributed by atoms with Gasteiger partial charge in [-0.3, -0.25) is 4.79 Å². The molecule has 1 amide bonds. The summed E-state index contributed by atoms with van der Waals surface area (Å²) in [5, 5.41) is 2.88. The van der Waals surface area contributed by atoms with Crippen LogP contribution < -0.4 is 15.8 Å². The Balaban J connectivity index is 1.98. The van der Waals surface area contributed by atoms with Gasteiger partial charge in [-0.2, -0.15) is 0 Å². The predicted octanol–water partition coefficient (Wildman–Crippen LogP) is 3.41.